The van der Waals surface area contributed by atoms with Crippen LogP contribution in [0.25, 0.3) is 11.0 Å². The van der Waals surface area contributed by atoms with Gasteiger partial charge in [0, 0.05) is 29.1 Å². The summed E-state index contributed by atoms with van der Waals surface area (Å²) < 4.78 is 21.2. The molecule has 0 bridgehead atoms. The maximum Gasteiger partial charge on any atom is 0.339 e. The largest absolute Gasteiger partial charge is 0.472 e. The number of benzene rings is 2. The predicted octanol–water partition coefficient (Wildman–Crippen LogP) is 3.59. The monoisotopic (exact) mass is 437 g/mol. The highest BCUT2D eigenvalue weighted by atomic mass is 16.5. The van der Waals surface area contributed by atoms with Crippen molar-refractivity contribution in [1.29, 1.82) is 0 Å². The first-order valence-corrected chi connectivity index (χ1v) is 10.2. The van der Waals surface area contributed by atoms with Crippen LogP contribution in [-0.4, -0.2) is 32.9 Å². The summed E-state index contributed by atoms with van der Waals surface area (Å²) in [7, 11) is 2.60. The molecule has 0 N–H and O–H groups in total. The number of ether oxygens (including phenoxy) is 3. The van der Waals surface area contributed by atoms with Crippen LogP contribution in [0, 0.1) is 6.92 Å². The van der Waals surface area contributed by atoms with E-state index in [-0.39, 0.29) is 6.73 Å². The van der Waals surface area contributed by atoms with Crippen LogP contribution in [0.3, 0.4) is 0 Å². The highest BCUT2D eigenvalue weighted by Crippen LogP contribution is 2.38. The molecular formula is C24H23NO7. The SMILES string of the molecule is CCc1cc(=O)oc2c(C)c3c(cc12)CN(c1cc(C(=O)OC)ccc1C(=O)OC)CO3. The molecule has 2 heterocycles. The molecular weight excluding hydrogens is 414 g/mol. The van der Waals surface area contributed by atoms with Gasteiger partial charge in [0.2, 0.25) is 0 Å². The minimum Gasteiger partial charge on any atom is -0.472 e. The number of carbonyl (C=O) groups is 2. The van der Waals surface area contributed by atoms with E-state index in [1.807, 2.05) is 24.8 Å². The van der Waals surface area contributed by atoms with Gasteiger partial charge in [0.05, 0.1) is 31.0 Å². The summed E-state index contributed by atoms with van der Waals surface area (Å²) in [5.41, 5.74) is 3.77. The second kappa shape index (κ2) is 8.37. The van der Waals surface area contributed by atoms with E-state index in [9.17, 15) is 14.4 Å². The van der Waals surface area contributed by atoms with Crippen molar-refractivity contribution in [3.05, 3.63) is 68.6 Å². The maximum atomic E-state index is 12.4. The lowest BCUT2D eigenvalue weighted by Crippen LogP contribution is -2.33. The zero-order valence-electron chi connectivity index (χ0n) is 18.3. The van der Waals surface area contributed by atoms with E-state index >= 15 is 0 Å². The molecule has 166 valence electrons. The number of hydrogen-bond acceptors (Lipinski definition) is 8. The van der Waals surface area contributed by atoms with Crippen molar-refractivity contribution in [1.82, 2.24) is 0 Å². The van der Waals surface area contributed by atoms with E-state index in [1.165, 1.54) is 26.4 Å². The van der Waals surface area contributed by atoms with Gasteiger partial charge in [-0.3, -0.25) is 0 Å². The quantitative estimate of drug-likeness (QED) is 0.451. The molecule has 1 aliphatic rings. The second-order valence-electron chi connectivity index (χ2n) is 7.50. The molecule has 3 aromatic rings. The van der Waals surface area contributed by atoms with Gasteiger partial charge in [0.25, 0.3) is 0 Å². The van der Waals surface area contributed by atoms with E-state index in [4.69, 9.17) is 18.6 Å². The molecule has 4 rings (SSSR count). The first-order chi connectivity index (χ1) is 15.4. The maximum absolute atomic E-state index is 12.4. The molecule has 1 aromatic heterocycles. The number of anilines is 1. The van der Waals surface area contributed by atoms with Crippen molar-refractivity contribution in [3.8, 4) is 5.75 Å². The Morgan fingerprint density at radius 2 is 1.84 bits per heavy atom. The molecule has 8 heteroatoms. The van der Waals surface area contributed by atoms with Gasteiger partial charge in [0.15, 0.2) is 6.73 Å². The summed E-state index contributed by atoms with van der Waals surface area (Å²) in [6.45, 7) is 4.39. The lowest BCUT2D eigenvalue weighted by atomic mass is 9.99. The molecule has 0 radical (unpaired) electrons. The molecule has 0 unspecified atom stereocenters. The second-order valence-corrected chi connectivity index (χ2v) is 7.50. The van der Waals surface area contributed by atoms with Gasteiger partial charge in [-0.05, 0) is 43.2 Å². The predicted molar refractivity (Wildman–Crippen MR) is 117 cm³/mol. The summed E-state index contributed by atoms with van der Waals surface area (Å²) in [6, 6.07) is 8.11. The Hall–Kier alpha value is -3.81. The molecule has 0 spiro atoms. The highest BCUT2D eigenvalue weighted by Gasteiger charge is 2.27. The van der Waals surface area contributed by atoms with Crippen molar-refractivity contribution in [3.63, 3.8) is 0 Å². The van der Waals surface area contributed by atoms with E-state index in [2.05, 4.69) is 0 Å². The summed E-state index contributed by atoms with van der Waals surface area (Å²) >= 11 is 0. The van der Waals surface area contributed by atoms with Crippen LogP contribution < -0.4 is 15.3 Å². The van der Waals surface area contributed by atoms with Crippen LogP contribution in [0.1, 0.15) is 44.3 Å². The van der Waals surface area contributed by atoms with Crippen molar-refractivity contribution in [2.45, 2.75) is 26.8 Å². The lowest BCUT2D eigenvalue weighted by Gasteiger charge is -2.33. The van der Waals surface area contributed by atoms with Gasteiger partial charge in [0.1, 0.15) is 11.3 Å². The van der Waals surface area contributed by atoms with Crippen LogP contribution in [0.5, 0.6) is 5.75 Å². The molecule has 2 aromatic carbocycles. The Labute approximate surface area is 184 Å². The minimum atomic E-state index is -0.521. The molecule has 0 atom stereocenters. The average molecular weight is 437 g/mol. The number of esters is 2. The van der Waals surface area contributed by atoms with Gasteiger partial charge in [-0.1, -0.05) is 6.92 Å². The normalized spacial score (nSPS) is 12.8. The molecule has 0 amide bonds. The molecule has 0 saturated carbocycles. The summed E-state index contributed by atoms with van der Waals surface area (Å²) in [4.78, 5) is 38.2. The third-order valence-electron chi connectivity index (χ3n) is 5.65. The summed E-state index contributed by atoms with van der Waals surface area (Å²) in [6.07, 6.45) is 0.679. The number of aryl methyl sites for hydroxylation is 2. The van der Waals surface area contributed by atoms with Gasteiger partial charge in [-0.15, -0.1) is 0 Å². The average Bonchev–Trinajstić information content (AvgIpc) is 2.82. The summed E-state index contributed by atoms with van der Waals surface area (Å²) in [5, 5.41) is 0.852. The molecule has 0 fully saturated rings. The van der Waals surface area contributed by atoms with E-state index in [0.717, 1.165) is 22.1 Å². The first kappa shape index (κ1) is 21.4. The number of nitrogens with zero attached hydrogens (tertiary/aromatic N) is 1. The summed E-state index contributed by atoms with van der Waals surface area (Å²) in [5.74, 6) is -0.383. The van der Waals surface area contributed by atoms with Crippen molar-refractivity contribution in [2.24, 2.45) is 0 Å². The van der Waals surface area contributed by atoms with E-state index < -0.39 is 17.6 Å². The van der Waals surface area contributed by atoms with Gasteiger partial charge in [-0.25, -0.2) is 14.4 Å². The van der Waals surface area contributed by atoms with Gasteiger partial charge in [-0.2, -0.15) is 0 Å². The third kappa shape index (κ3) is 3.57. The van der Waals surface area contributed by atoms with E-state index in [0.29, 0.717) is 41.1 Å². The molecule has 1 aliphatic heterocycles. The topological polar surface area (TPSA) is 95.3 Å². The first-order valence-electron chi connectivity index (χ1n) is 10.2. The fourth-order valence-corrected chi connectivity index (χ4v) is 4.05. The minimum absolute atomic E-state index is 0.131. The molecule has 32 heavy (non-hydrogen) atoms. The number of methoxy groups -OCH3 is 2. The van der Waals surface area contributed by atoms with Crippen molar-refractivity contribution < 1.29 is 28.2 Å². The number of carbonyl (C=O) groups excluding carboxylic acids is 2. The highest BCUT2D eigenvalue weighted by molar-refractivity contribution is 5.99. The third-order valence-corrected chi connectivity index (χ3v) is 5.65. The van der Waals surface area contributed by atoms with Gasteiger partial charge >= 0.3 is 17.6 Å². The van der Waals surface area contributed by atoms with Gasteiger partial charge < -0.3 is 23.5 Å². The fraction of sp³-hybridized carbons (Fsp3) is 0.292. The number of hydrogen-bond donors (Lipinski definition) is 0. The van der Waals surface area contributed by atoms with Crippen molar-refractivity contribution in [2.75, 3.05) is 25.9 Å². The zero-order valence-corrected chi connectivity index (χ0v) is 18.3. The Bertz CT molecular complexity index is 1290. The lowest BCUT2D eigenvalue weighted by molar-refractivity contribution is 0.0587. The van der Waals surface area contributed by atoms with Crippen LogP contribution in [0.15, 0.2) is 39.5 Å². The Kier molecular flexibility index (Phi) is 5.61. The molecule has 0 aliphatic carbocycles. The smallest absolute Gasteiger partial charge is 0.339 e. The molecule has 0 saturated heterocycles. The standard InChI is InChI=1S/C24H23NO7/c1-5-14-10-20(26)32-22-13(2)21-16(8-18(14)22)11-25(12-31-21)19-9-15(23(27)29-3)6-7-17(19)24(28)30-4/h6-10H,5,11-12H2,1-4H3. The zero-order chi connectivity index (χ0) is 23.0. The number of rotatable bonds is 4. The fourth-order valence-electron chi connectivity index (χ4n) is 4.05. The van der Waals surface area contributed by atoms with Crippen LogP contribution in [0.2, 0.25) is 0 Å². The number of fused-ring (bicyclic) bond motifs is 2. The van der Waals surface area contributed by atoms with Crippen LogP contribution >= 0.6 is 0 Å². The van der Waals surface area contributed by atoms with Crippen molar-refractivity contribution >= 4 is 28.6 Å². The van der Waals surface area contributed by atoms with E-state index in [1.54, 1.807) is 12.1 Å². The Morgan fingerprint density at radius 1 is 1.09 bits per heavy atom. The van der Waals surface area contributed by atoms with Crippen LogP contribution in [0.4, 0.5) is 5.69 Å². The Balaban J connectivity index is 1.83. The molecule has 8 nitrogen and oxygen atoms in total. The van der Waals surface area contributed by atoms with Crippen LogP contribution in [-0.2, 0) is 22.4 Å². The Morgan fingerprint density at radius 3 is 2.53 bits per heavy atom.